The summed E-state index contributed by atoms with van der Waals surface area (Å²) < 4.78 is 32.0. The molecular weight excluding hydrogens is 444 g/mol. The summed E-state index contributed by atoms with van der Waals surface area (Å²) in [7, 11) is 9.03. The molecule has 1 aliphatic heterocycles. The Labute approximate surface area is 198 Å². The zero-order valence-corrected chi connectivity index (χ0v) is 20.3. The number of hydrogen-bond donors (Lipinski definition) is 0. The van der Waals surface area contributed by atoms with E-state index < -0.39 is 0 Å². The highest BCUT2D eigenvalue weighted by Gasteiger charge is 2.30. The van der Waals surface area contributed by atoms with Crippen LogP contribution in [0.5, 0.6) is 34.5 Å². The molecule has 1 fully saturated rings. The highest BCUT2D eigenvalue weighted by molar-refractivity contribution is 5.99. The van der Waals surface area contributed by atoms with E-state index in [1.54, 1.807) is 34.1 Å². The van der Waals surface area contributed by atoms with Crippen molar-refractivity contribution in [3.63, 3.8) is 0 Å². The van der Waals surface area contributed by atoms with Gasteiger partial charge in [0.15, 0.2) is 23.0 Å². The number of carbonyl (C=O) groups excluding carboxylic acids is 2. The van der Waals surface area contributed by atoms with Crippen LogP contribution in [0.3, 0.4) is 0 Å². The first kappa shape index (κ1) is 24.8. The summed E-state index contributed by atoms with van der Waals surface area (Å²) in [5.41, 5.74) is 0.725. The molecule has 0 atom stereocenters. The lowest BCUT2D eigenvalue weighted by Gasteiger charge is -2.35. The molecule has 10 heteroatoms. The van der Waals surface area contributed by atoms with Crippen LogP contribution in [0.25, 0.3) is 0 Å². The molecule has 2 amide bonds. The van der Waals surface area contributed by atoms with E-state index in [1.165, 1.54) is 42.7 Å². The lowest BCUT2D eigenvalue weighted by Crippen LogP contribution is -2.50. The Kier molecular flexibility index (Phi) is 7.93. The highest BCUT2D eigenvalue weighted by atomic mass is 16.5. The normalized spacial score (nSPS) is 13.2. The van der Waals surface area contributed by atoms with Crippen LogP contribution < -0.4 is 28.4 Å². The molecule has 10 nitrogen and oxygen atoms in total. The molecule has 0 N–H and O–H groups in total. The number of rotatable bonds is 8. The number of benzene rings is 2. The van der Waals surface area contributed by atoms with Crippen molar-refractivity contribution < 1.29 is 38.0 Å². The topological polar surface area (TPSA) is 96.0 Å². The predicted octanol–water partition coefficient (Wildman–Crippen LogP) is 2.34. The van der Waals surface area contributed by atoms with Gasteiger partial charge in [-0.05, 0) is 0 Å². The second kappa shape index (κ2) is 10.9. The highest BCUT2D eigenvalue weighted by Crippen LogP contribution is 2.36. The summed E-state index contributed by atoms with van der Waals surface area (Å²) in [6, 6.07) is 6.45. The van der Waals surface area contributed by atoms with Crippen LogP contribution >= 0.6 is 0 Å². The Morgan fingerprint density at radius 2 is 0.765 bits per heavy atom. The van der Waals surface area contributed by atoms with E-state index >= 15 is 0 Å². The van der Waals surface area contributed by atoms with Crippen LogP contribution in [-0.2, 0) is 0 Å². The van der Waals surface area contributed by atoms with Gasteiger partial charge >= 0.3 is 0 Å². The summed E-state index contributed by atoms with van der Waals surface area (Å²) in [4.78, 5) is 29.8. The van der Waals surface area contributed by atoms with Crippen molar-refractivity contribution >= 4 is 11.8 Å². The molecule has 0 bridgehead atoms. The van der Waals surface area contributed by atoms with Gasteiger partial charge in [-0.25, -0.2) is 0 Å². The molecule has 0 unspecified atom stereocenters. The number of methoxy groups -OCH3 is 6. The van der Waals surface area contributed by atoms with E-state index in [0.29, 0.717) is 71.8 Å². The molecule has 1 saturated heterocycles. The largest absolute Gasteiger partial charge is 0.496 e. The molecule has 1 heterocycles. The van der Waals surface area contributed by atoms with Gasteiger partial charge in [0.25, 0.3) is 11.8 Å². The molecule has 184 valence electrons. The van der Waals surface area contributed by atoms with Crippen LogP contribution in [-0.4, -0.2) is 90.5 Å². The Morgan fingerprint density at radius 3 is 1.03 bits per heavy atom. The Balaban J connectivity index is 1.77. The maximum Gasteiger partial charge on any atom is 0.257 e. The lowest BCUT2D eigenvalue weighted by molar-refractivity contribution is 0.0531. The number of carbonyl (C=O) groups is 2. The third-order valence-corrected chi connectivity index (χ3v) is 5.73. The SMILES string of the molecule is COc1cc(OC)c(C(=O)N2CCN(C(=O)c3cc(OC)c(OC)cc3OC)CC2)cc1OC. The van der Waals surface area contributed by atoms with Crippen molar-refractivity contribution in [2.75, 3.05) is 68.8 Å². The molecule has 0 spiro atoms. The number of amides is 2. The van der Waals surface area contributed by atoms with Crippen LogP contribution in [0.1, 0.15) is 20.7 Å². The predicted molar refractivity (Wildman–Crippen MR) is 124 cm³/mol. The minimum atomic E-state index is -0.214. The molecule has 34 heavy (non-hydrogen) atoms. The maximum absolute atomic E-state index is 13.2. The van der Waals surface area contributed by atoms with Crippen molar-refractivity contribution in [1.29, 1.82) is 0 Å². The van der Waals surface area contributed by atoms with Gasteiger partial charge in [0.05, 0.1) is 53.8 Å². The molecule has 0 radical (unpaired) electrons. The van der Waals surface area contributed by atoms with Crippen molar-refractivity contribution in [1.82, 2.24) is 9.80 Å². The molecule has 0 aliphatic carbocycles. The van der Waals surface area contributed by atoms with Crippen molar-refractivity contribution in [3.05, 3.63) is 35.4 Å². The average molecular weight is 475 g/mol. The van der Waals surface area contributed by atoms with Gasteiger partial charge in [-0.1, -0.05) is 0 Å². The Hall–Kier alpha value is -3.82. The smallest absolute Gasteiger partial charge is 0.257 e. The fraction of sp³-hybridized carbons (Fsp3) is 0.417. The molecule has 3 rings (SSSR count). The number of ether oxygens (including phenoxy) is 6. The van der Waals surface area contributed by atoms with E-state index in [1.807, 2.05) is 0 Å². The second-order valence-corrected chi connectivity index (χ2v) is 7.40. The van der Waals surface area contributed by atoms with E-state index in [2.05, 4.69) is 0 Å². The third kappa shape index (κ3) is 4.75. The summed E-state index contributed by atoms with van der Waals surface area (Å²) in [6.45, 7) is 1.44. The van der Waals surface area contributed by atoms with E-state index in [4.69, 9.17) is 28.4 Å². The Bertz CT molecular complexity index is 964. The zero-order chi connectivity index (χ0) is 24.8. The van der Waals surface area contributed by atoms with Gasteiger partial charge in [0.1, 0.15) is 11.5 Å². The number of nitrogens with zero attached hydrogens (tertiary/aromatic N) is 2. The van der Waals surface area contributed by atoms with Crippen molar-refractivity contribution in [2.45, 2.75) is 0 Å². The molecule has 0 aromatic heterocycles. The minimum Gasteiger partial charge on any atom is -0.496 e. The minimum absolute atomic E-state index is 0.214. The van der Waals surface area contributed by atoms with Gasteiger partial charge in [0.2, 0.25) is 0 Å². The molecule has 0 saturated carbocycles. The lowest BCUT2D eigenvalue weighted by atomic mass is 10.1. The summed E-state index contributed by atoms with van der Waals surface area (Å²) in [5.74, 6) is 2.14. The van der Waals surface area contributed by atoms with Gasteiger partial charge in [-0.15, -0.1) is 0 Å². The molecule has 2 aromatic carbocycles. The quantitative estimate of drug-likeness (QED) is 0.575. The zero-order valence-electron chi connectivity index (χ0n) is 20.3. The third-order valence-electron chi connectivity index (χ3n) is 5.73. The Morgan fingerprint density at radius 1 is 0.500 bits per heavy atom. The number of piperazine rings is 1. The van der Waals surface area contributed by atoms with Crippen molar-refractivity contribution in [2.24, 2.45) is 0 Å². The van der Waals surface area contributed by atoms with E-state index in [-0.39, 0.29) is 11.8 Å². The fourth-order valence-electron chi connectivity index (χ4n) is 3.85. The van der Waals surface area contributed by atoms with Gasteiger partial charge in [-0.3, -0.25) is 9.59 Å². The fourth-order valence-corrected chi connectivity index (χ4v) is 3.85. The van der Waals surface area contributed by atoms with Gasteiger partial charge in [-0.2, -0.15) is 0 Å². The van der Waals surface area contributed by atoms with Gasteiger partial charge < -0.3 is 38.2 Å². The first-order valence-corrected chi connectivity index (χ1v) is 10.6. The van der Waals surface area contributed by atoms with Gasteiger partial charge in [0, 0.05) is 50.4 Å². The number of hydrogen-bond acceptors (Lipinski definition) is 8. The summed E-state index contributed by atoms with van der Waals surface area (Å²) in [5, 5.41) is 0. The molecule has 1 aliphatic rings. The van der Waals surface area contributed by atoms with Crippen LogP contribution in [0.15, 0.2) is 24.3 Å². The van der Waals surface area contributed by atoms with Crippen LogP contribution in [0, 0.1) is 0 Å². The first-order chi connectivity index (χ1) is 16.4. The van der Waals surface area contributed by atoms with Crippen molar-refractivity contribution in [3.8, 4) is 34.5 Å². The summed E-state index contributed by atoms with van der Waals surface area (Å²) >= 11 is 0. The van der Waals surface area contributed by atoms with Crippen LogP contribution in [0.4, 0.5) is 0 Å². The average Bonchev–Trinajstić information content (AvgIpc) is 2.90. The van der Waals surface area contributed by atoms with Crippen LogP contribution in [0.2, 0.25) is 0 Å². The maximum atomic E-state index is 13.2. The summed E-state index contributed by atoms with van der Waals surface area (Å²) in [6.07, 6.45) is 0. The second-order valence-electron chi connectivity index (χ2n) is 7.40. The monoisotopic (exact) mass is 474 g/mol. The molecule has 2 aromatic rings. The first-order valence-electron chi connectivity index (χ1n) is 10.6. The van der Waals surface area contributed by atoms with E-state index in [0.717, 1.165) is 0 Å². The van der Waals surface area contributed by atoms with E-state index in [9.17, 15) is 9.59 Å². The molecular formula is C24H30N2O8. The standard InChI is InChI=1S/C24H30N2O8/c1-29-17-13-21(33-5)19(31-3)11-15(17)23(27)25-7-9-26(10-8-25)24(28)16-12-20(32-4)22(34-6)14-18(16)30-2/h11-14H,7-10H2,1-6H3.